The van der Waals surface area contributed by atoms with Gasteiger partial charge < -0.3 is 9.84 Å². The minimum Gasteiger partial charge on any atom is -0.469 e. The predicted molar refractivity (Wildman–Crippen MR) is 126 cm³/mol. The third-order valence-corrected chi connectivity index (χ3v) is 6.07. The number of anilines is 1. The van der Waals surface area contributed by atoms with Crippen LogP contribution in [0.2, 0.25) is 0 Å². The molecule has 1 atom stereocenters. The number of nitrogens with zero attached hydrogens (tertiary/aromatic N) is 3. The first kappa shape index (κ1) is 27.1. The number of allylic oxidation sites excluding steroid dienone is 1. The van der Waals surface area contributed by atoms with Crippen molar-refractivity contribution in [3.8, 4) is 11.3 Å². The van der Waals surface area contributed by atoms with Crippen LogP contribution in [0.25, 0.3) is 17.3 Å². The maximum Gasteiger partial charge on any atom is 0.308 e. The Hall–Kier alpha value is -3.18. The van der Waals surface area contributed by atoms with E-state index in [2.05, 4.69) is 14.7 Å². The fourth-order valence-corrected chi connectivity index (χ4v) is 3.40. The second kappa shape index (κ2) is 11.3. The van der Waals surface area contributed by atoms with Crippen LogP contribution >= 0.6 is 0 Å². The van der Waals surface area contributed by atoms with Gasteiger partial charge in [0, 0.05) is 24.6 Å². The van der Waals surface area contributed by atoms with Crippen LogP contribution in [0.3, 0.4) is 0 Å². The smallest absolute Gasteiger partial charge is 0.308 e. The fourth-order valence-electron chi connectivity index (χ4n) is 3.02. The maximum absolute atomic E-state index is 13.5. The van der Waals surface area contributed by atoms with Crippen molar-refractivity contribution >= 4 is 33.8 Å². The number of aliphatic hydroxyl groups excluding tert-OH is 1. The Morgan fingerprint density at radius 1 is 1.18 bits per heavy atom. The number of halogens is 1. The van der Waals surface area contributed by atoms with Gasteiger partial charge in [-0.1, -0.05) is 13.8 Å². The third-order valence-electron chi connectivity index (χ3n) is 4.91. The molecule has 1 aromatic carbocycles. The van der Waals surface area contributed by atoms with Crippen LogP contribution in [0.15, 0.2) is 30.3 Å². The lowest BCUT2D eigenvalue weighted by Gasteiger charge is -2.20. The highest BCUT2D eigenvalue weighted by Gasteiger charge is 2.22. The molecule has 1 aromatic heterocycles. The third kappa shape index (κ3) is 7.16. The summed E-state index contributed by atoms with van der Waals surface area (Å²) >= 11 is 0. The van der Waals surface area contributed by atoms with Crippen molar-refractivity contribution in [2.24, 2.45) is 0 Å². The summed E-state index contributed by atoms with van der Waals surface area (Å²) in [4.78, 5) is 32.5. The molecular weight excluding hydrogens is 465 g/mol. The van der Waals surface area contributed by atoms with Crippen molar-refractivity contribution in [1.29, 1.82) is 0 Å². The Morgan fingerprint density at radius 3 is 2.32 bits per heavy atom. The molecule has 1 heterocycles. The number of carbonyl (C=O) groups is 2. The Labute approximate surface area is 198 Å². The number of ketones is 1. The zero-order valence-corrected chi connectivity index (χ0v) is 20.5. The summed E-state index contributed by atoms with van der Waals surface area (Å²) in [5.74, 6) is -1.80. The molecule has 0 saturated carbocycles. The number of ether oxygens (including phenoxy) is 1. The van der Waals surface area contributed by atoms with Gasteiger partial charge in [-0.2, -0.15) is 0 Å². The minimum atomic E-state index is -3.66. The molecule has 0 radical (unpaired) electrons. The van der Waals surface area contributed by atoms with Crippen molar-refractivity contribution in [3.05, 3.63) is 47.4 Å². The molecule has 9 nitrogen and oxygen atoms in total. The highest BCUT2D eigenvalue weighted by atomic mass is 32.2. The number of rotatable bonds is 10. The normalized spacial score (nSPS) is 12.7. The number of sulfonamides is 1. The van der Waals surface area contributed by atoms with Gasteiger partial charge in [-0.05, 0) is 42.3 Å². The van der Waals surface area contributed by atoms with E-state index in [1.165, 1.54) is 50.6 Å². The average molecular weight is 494 g/mol. The van der Waals surface area contributed by atoms with Gasteiger partial charge in [0.15, 0.2) is 5.78 Å². The molecule has 2 rings (SSSR count). The monoisotopic (exact) mass is 493 g/mol. The van der Waals surface area contributed by atoms with E-state index in [0.717, 1.165) is 10.6 Å². The number of methoxy groups -OCH3 is 1. The quantitative estimate of drug-likeness (QED) is 0.395. The van der Waals surface area contributed by atoms with Crippen molar-refractivity contribution < 1.29 is 32.2 Å². The summed E-state index contributed by atoms with van der Waals surface area (Å²) in [6, 6.07) is 5.47. The van der Waals surface area contributed by atoms with Crippen LogP contribution in [0.4, 0.5) is 10.3 Å². The second-order valence-electron chi connectivity index (χ2n) is 8.00. The Bertz CT molecular complexity index is 1180. The molecule has 0 spiro atoms. The molecule has 0 amide bonds. The summed E-state index contributed by atoms with van der Waals surface area (Å²) in [7, 11) is -1.15. The fraction of sp³-hybridized carbons (Fsp3) is 0.391. The van der Waals surface area contributed by atoms with E-state index in [1.54, 1.807) is 0 Å². The standard InChI is InChI=1S/C23H28FN3O6S/c1-14(2)21-19(11-10-17(28)12-18(29)13-20(30)33-4)22(15-6-8-16(24)9-7-15)26-23(25-21)27(3)34(5,31)32/h6-11,14,18,29H,12-13H2,1-5H3/b11-10+/t18-/m1/s1. The number of esters is 1. The van der Waals surface area contributed by atoms with E-state index in [-0.39, 0.29) is 24.7 Å². The van der Waals surface area contributed by atoms with E-state index in [9.17, 15) is 27.5 Å². The molecular formula is C23H28FN3O6S. The van der Waals surface area contributed by atoms with Gasteiger partial charge in [0.1, 0.15) is 5.82 Å². The number of aliphatic hydroxyl groups is 1. The van der Waals surface area contributed by atoms with Crippen LogP contribution in [-0.2, 0) is 24.3 Å². The zero-order valence-electron chi connectivity index (χ0n) is 19.6. The summed E-state index contributed by atoms with van der Waals surface area (Å²) in [5, 5.41) is 9.92. The second-order valence-corrected chi connectivity index (χ2v) is 10.0. The Balaban J connectivity index is 2.58. The molecule has 0 aliphatic rings. The number of benzene rings is 1. The molecule has 184 valence electrons. The molecule has 0 saturated heterocycles. The van der Waals surface area contributed by atoms with Crippen molar-refractivity contribution in [1.82, 2.24) is 9.97 Å². The van der Waals surface area contributed by atoms with E-state index in [4.69, 9.17) is 0 Å². The van der Waals surface area contributed by atoms with Crippen molar-refractivity contribution in [2.75, 3.05) is 24.7 Å². The first-order valence-corrected chi connectivity index (χ1v) is 12.3. The lowest BCUT2D eigenvalue weighted by molar-refractivity contribution is -0.143. The highest BCUT2D eigenvalue weighted by Crippen LogP contribution is 2.31. The summed E-state index contributed by atoms with van der Waals surface area (Å²) in [6.45, 7) is 3.69. The minimum absolute atomic E-state index is 0.0671. The van der Waals surface area contributed by atoms with E-state index < -0.39 is 33.7 Å². The molecule has 0 fully saturated rings. The molecule has 1 N–H and O–H groups in total. The molecule has 2 aromatic rings. The van der Waals surface area contributed by atoms with Gasteiger partial charge in [-0.25, -0.2) is 27.1 Å². The maximum atomic E-state index is 13.5. The van der Waals surface area contributed by atoms with Crippen LogP contribution in [0.5, 0.6) is 0 Å². The lowest BCUT2D eigenvalue weighted by atomic mass is 9.97. The largest absolute Gasteiger partial charge is 0.469 e. The number of aromatic nitrogens is 2. The first-order chi connectivity index (χ1) is 15.8. The van der Waals surface area contributed by atoms with Gasteiger partial charge in [0.2, 0.25) is 16.0 Å². The van der Waals surface area contributed by atoms with Gasteiger partial charge >= 0.3 is 5.97 Å². The molecule has 11 heteroatoms. The summed E-state index contributed by atoms with van der Waals surface area (Å²) < 4.78 is 43.1. The SMILES string of the molecule is COC(=O)C[C@H](O)CC(=O)/C=C/c1c(-c2ccc(F)cc2)nc(N(C)S(C)(=O)=O)nc1C(C)C. The van der Waals surface area contributed by atoms with Gasteiger partial charge in [-0.15, -0.1) is 0 Å². The van der Waals surface area contributed by atoms with E-state index in [1.807, 2.05) is 13.8 Å². The lowest BCUT2D eigenvalue weighted by Crippen LogP contribution is -2.27. The predicted octanol–water partition coefficient (Wildman–Crippen LogP) is 2.70. The Kier molecular flexibility index (Phi) is 9.00. The van der Waals surface area contributed by atoms with Crippen LogP contribution in [-0.4, -0.2) is 61.8 Å². The van der Waals surface area contributed by atoms with Gasteiger partial charge in [0.25, 0.3) is 0 Å². The first-order valence-electron chi connectivity index (χ1n) is 10.4. The van der Waals surface area contributed by atoms with Crippen molar-refractivity contribution in [3.63, 3.8) is 0 Å². The van der Waals surface area contributed by atoms with Crippen LogP contribution < -0.4 is 4.31 Å². The van der Waals surface area contributed by atoms with Gasteiger partial charge in [0.05, 0.1) is 37.3 Å². The average Bonchev–Trinajstić information content (AvgIpc) is 2.76. The number of hydrogen-bond acceptors (Lipinski definition) is 8. The van der Waals surface area contributed by atoms with Crippen LogP contribution in [0, 0.1) is 5.82 Å². The molecule has 0 bridgehead atoms. The summed E-state index contributed by atoms with van der Waals surface area (Å²) in [6.07, 6.45) is 1.92. The molecule has 0 unspecified atom stereocenters. The topological polar surface area (TPSA) is 127 Å². The number of carbonyl (C=O) groups excluding carboxylic acids is 2. The van der Waals surface area contributed by atoms with E-state index >= 15 is 0 Å². The van der Waals surface area contributed by atoms with Gasteiger partial charge in [-0.3, -0.25) is 9.59 Å². The molecule has 34 heavy (non-hydrogen) atoms. The highest BCUT2D eigenvalue weighted by molar-refractivity contribution is 7.92. The van der Waals surface area contributed by atoms with Crippen molar-refractivity contribution in [2.45, 2.75) is 38.7 Å². The molecule has 0 aliphatic carbocycles. The summed E-state index contributed by atoms with van der Waals surface area (Å²) in [5.41, 5.74) is 1.72. The number of hydrogen-bond donors (Lipinski definition) is 1. The van der Waals surface area contributed by atoms with Crippen LogP contribution in [0.1, 0.15) is 43.9 Å². The van der Waals surface area contributed by atoms with E-state index in [0.29, 0.717) is 22.5 Å². The molecule has 0 aliphatic heterocycles. The Morgan fingerprint density at radius 2 is 1.79 bits per heavy atom. The zero-order chi connectivity index (χ0) is 25.6.